The van der Waals surface area contributed by atoms with Gasteiger partial charge in [0.2, 0.25) is 5.95 Å². The molecule has 0 fully saturated rings. The largest absolute Gasteiger partial charge is 0.297 e. The number of pyridine rings is 1. The number of hydrazine groups is 1. The molecule has 0 saturated heterocycles. The van der Waals surface area contributed by atoms with Gasteiger partial charge < -0.3 is 0 Å². The van der Waals surface area contributed by atoms with Gasteiger partial charge in [0, 0.05) is 5.56 Å². The molecule has 5 heteroatoms. The molecule has 0 radical (unpaired) electrons. The maximum atomic E-state index is 12.8. The smallest absolute Gasteiger partial charge is 0.269 e. The second-order valence-corrected chi connectivity index (χ2v) is 5.65. The number of carbonyl (C=O) groups excluding carboxylic acids is 1. The topological polar surface area (TPSA) is 54.0 Å². The highest BCUT2D eigenvalue weighted by Gasteiger charge is 2.19. The van der Waals surface area contributed by atoms with Crippen LogP contribution in [0.4, 0.5) is 10.1 Å². The molecule has 0 spiro atoms. The van der Waals surface area contributed by atoms with Crippen LogP contribution in [-0.2, 0) is 6.42 Å². The van der Waals surface area contributed by atoms with E-state index in [1.165, 1.54) is 35.0 Å². The van der Waals surface area contributed by atoms with Crippen LogP contribution in [0.25, 0.3) is 11.1 Å². The maximum Gasteiger partial charge on any atom is 0.269 e. The van der Waals surface area contributed by atoms with Crippen LogP contribution < -0.4 is 10.9 Å². The molecule has 2 N–H and O–H groups in total. The standard InChI is InChI=1S/C19H14FN3O/c20-18-8-7-15(11-21-18)22-23-19(24)14-6-5-13-9-12-3-1-2-4-16(12)17(13)10-14/h1-8,10-11,22H,9H2,(H,23,24). The molecule has 1 aliphatic carbocycles. The fourth-order valence-electron chi connectivity index (χ4n) is 2.92. The molecule has 4 rings (SSSR count). The molecule has 24 heavy (non-hydrogen) atoms. The molecular formula is C19H14FN3O. The van der Waals surface area contributed by atoms with E-state index < -0.39 is 5.95 Å². The van der Waals surface area contributed by atoms with Gasteiger partial charge in [-0.25, -0.2) is 4.98 Å². The number of benzene rings is 2. The molecule has 0 bridgehead atoms. The summed E-state index contributed by atoms with van der Waals surface area (Å²) >= 11 is 0. The van der Waals surface area contributed by atoms with Gasteiger partial charge in [-0.15, -0.1) is 0 Å². The highest BCUT2D eigenvalue weighted by atomic mass is 19.1. The van der Waals surface area contributed by atoms with Crippen molar-refractivity contribution in [3.8, 4) is 11.1 Å². The molecule has 4 nitrogen and oxygen atoms in total. The first kappa shape index (κ1) is 14.4. The van der Waals surface area contributed by atoms with Crippen molar-refractivity contribution in [2.75, 3.05) is 5.43 Å². The molecule has 1 aromatic heterocycles. The van der Waals surface area contributed by atoms with Crippen molar-refractivity contribution >= 4 is 11.6 Å². The summed E-state index contributed by atoms with van der Waals surface area (Å²) < 4.78 is 12.8. The average Bonchev–Trinajstić information content (AvgIpc) is 2.99. The van der Waals surface area contributed by atoms with Gasteiger partial charge in [0.1, 0.15) is 0 Å². The molecule has 0 aliphatic heterocycles. The Balaban J connectivity index is 1.53. The van der Waals surface area contributed by atoms with Crippen molar-refractivity contribution in [1.29, 1.82) is 0 Å². The van der Waals surface area contributed by atoms with E-state index in [2.05, 4.69) is 28.0 Å². The number of amides is 1. The molecule has 3 aromatic rings. The Kier molecular flexibility index (Phi) is 3.46. The van der Waals surface area contributed by atoms with Crippen molar-refractivity contribution in [2.45, 2.75) is 6.42 Å². The van der Waals surface area contributed by atoms with Gasteiger partial charge in [-0.1, -0.05) is 30.3 Å². The molecule has 1 aliphatic rings. The number of anilines is 1. The highest BCUT2D eigenvalue weighted by molar-refractivity contribution is 5.97. The number of nitrogens with zero attached hydrogens (tertiary/aromatic N) is 1. The first-order chi connectivity index (χ1) is 11.7. The number of fused-ring (bicyclic) bond motifs is 3. The third-order valence-electron chi connectivity index (χ3n) is 4.11. The van der Waals surface area contributed by atoms with Crippen LogP contribution in [0.5, 0.6) is 0 Å². The molecule has 0 unspecified atom stereocenters. The normalized spacial score (nSPS) is 11.5. The van der Waals surface area contributed by atoms with Crippen LogP contribution in [0.2, 0.25) is 0 Å². The molecular weight excluding hydrogens is 305 g/mol. The lowest BCUT2D eigenvalue weighted by Crippen LogP contribution is -2.29. The third kappa shape index (κ3) is 2.60. The highest BCUT2D eigenvalue weighted by Crippen LogP contribution is 2.36. The van der Waals surface area contributed by atoms with Crippen molar-refractivity contribution in [3.05, 3.63) is 83.4 Å². The van der Waals surface area contributed by atoms with Crippen LogP contribution in [0.1, 0.15) is 21.5 Å². The van der Waals surface area contributed by atoms with E-state index in [9.17, 15) is 9.18 Å². The van der Waals surface area contributed by atoms with E-state index >= 15 is 0 Å². The van der Waals surface area contributed by atoms with Gasteiger partial charge in [0.15, 0.2) is 0 Å². The lowest BCUT2D eigenvalue weighted by Gasteiger charge is -2.09. The summed E-state index contributed by atoms with van der Waals surface area (Å²) in [7, 11) is 0. The van der Waals surface area contributed by atoms with Crippen LogP contribution in [0.15, 0.2) is 60.8 Å². The lowest BCUT2D eigenvalue weighted by atomic mass is 10.0. The van der Waals surface area contributed by atoms with E-state index in [4.69, 9.17) is 0 Å². The van der Waals surface area contributed by atoms with Gasteiger partial charge in [0.25, 0.3) is 5.91 Å². The van der Waals surface area contributed by atoms with Crippen LogP contribution in [0, 0.1) is 5.95 Å². The predicted molar refractivity (Wildman–Crippen MR) is 90.0 cm³/mol. The Morgan fingerprint density at radius 3 is 2.67 bits per heavy atom. The van der Waals surface area contributed by atoms with Crippen LogP contribution >= 0.6 is 0 Å². The molecule has 0 saturated carbocycles. The molecule has 1 heterocycles. The minimum atomic E-state index is -0.566. The van der Waals surface area contributed by atoms with E-state index in [0.29, 0.717) is 11.3 Å². The van der Waals surface area contributed by atoms with E-state index in [-0.39, 0.29) is 5.91 Å². The fourth-order valence-corrected chi connectivity index (χ4v) is 2.92. The van der Waals surface area contributed by atoms with Crippen molar-refractivity contribution in [2.24, 2.45) is 0 Å². The summed E-state index contributed by atoms with van der Waals surface area (Å²) in [6.07, 6.45) is 2.21. The van der Waals surface area contributed by atoms with E-state index in [1.807, 2.05) is 30.3 Å². The Bertz CT molecular complexity index is 922. The number of aromatic nitrogens is 1. The Morgan fingerprint density at radius 1 is 1.00 bits per heavy atom. The summed E-state index contributed by atoms with van der Waals surface area (Å²) in [5, 5.41) is 0. The Labute approximate surface area is 138 Å². The summed E-state index contributed by atoms with van der Waals surface area (Å²) in [5.41, 5.74) is 11.2. The maximum absolute atomic E-state index is 12.8. The lowest BCUT2D eigenvalue weighted by molar-refractivity contribution is 0.0962. The number of carbonyl (C=O) groups is 1. The Hall–Kier alpha value is -3.21. The summed E-state index contributed by atoms with van der Waals surface area (Å²) in [6, 6.07) is 16.6. The third-order valence-corrected chi connectivity index (χ3v) is 4.11. The van der Waals surface area contributed by atoms with E-state index in [0.717, 1.165) is 12.0 Å². The second-order valence-electron chi connectivity index (χ2n) is 5.65. The van der Waals surface area contributed by atoms with Gasteiger partial charge >= 0.3 is 0 Å². The number of nitrogens with one attached hydrogen (secondary N) is 2. The van der Waals surface area contributed by atoms with Crippen molar-refractivity contribution < 1.29 is 9.18 Å². The van der Waals surface area contributed by atoms with E-state index in [1.54, 1.807) is 0 Å². The van der Waals surface area contributed by atoms with Gasteiger partial charge in [-0.3, -0.25) is 15.6 Å². The van der Waals surface area contributed by atoms with Gasteiger partial charge in [-0.2, -0.15) is 4.39 Å². The first-order valence-electron chi connectivity index (χ1n) is 7.60. The monoisotopic (exact) mass is 319 g/mol. The molecule has 2 aromatic carbocycles. The molecule has 118 valence electrons. The minimum absolute atomic E-state index is 0.258. The predicted octanol–water partition coefficient (Wildman–Crippen LogP) is 3.55. The zero-order chi connectivity index (χ0) is 16.5. The van der Waals surface area contributed by atoms with Crippen molar-refractivity contribution in [1.82, 2.24) is 10.4 Å². The SMILES string of the molecule is O=C(NNc1ccc(F)nc1)c1ccc2c(c1)-c1ccccc1C2. The van der Waals surface area contributed by atoms with Crippen molar-refractivity contribution in [3.63, 3.8) is 0 Å². The Morgan fingerprint density at radius 2 is 1.83 bits per heavy atom. The summed E-state index contributed by atoms with van der Waals surface area (Å²) in [6.45, 7) is 0. The summed E-state index contributed by atoms with van der Waals surface area (Å²) in [5.74, 6) is -0.823. The number of hydrogen-bond acceptors (Lipinski definition) is 3. The minimum Gasteiger partial charge on any atom is -0.297 e. The van der Waals surface area contributed by atoms with Crippen LogP contribution in [-0.4, -0.2) is 10.9 Å². The first-order valence-corrected chi connectivity index (χ1v) is 7.60. The van der Waals surface area contributed by atoms with Gasteiger partial charge in [-0.05, 0) is 52.9 Å². The molecule has 0 atom stereocenters. The zero-order valence-electron chi connectivity index (χ0n) is 12.7. The number of rotatable bonds is 3. The summed E-state index contributed by atoms with van der Waals surface area (Å²) in [4.78, 5) is 15.9. The fraction of sp³-hybridized carbons (Fsp3) is 0.0526. The molecule has 1 amide bonds. The average molecular weight is 319 g/mol. The zero-order valence-corrected chi connectivity index (χ0v) is 12.7. The quantitative estimate of drug-likeness (QED) is 0.448. The number of halogens is 1. The van der Waals surface area contributed by atoms with Crippen LogP contribution in [0.3, 0.4) is 0 Å². The number of hydrogen-bond donors (Lipinski definition) is 2. The second kappa shape index (κ2) is 5.77. The van der Waals surface area contributed by atoms with Gasteiger partial charge in [0.05, 0.1) is 11.9 Å².